The number of thioether (sulfide) groups is 1. The fraction of sp³-hybridized carbons (Fsp3) is 0.368. The summed E-state index contributed by atoms with van der Waals surface area (Å²) >= 11 is 1.80. The SMILES string of the molecule is Cc1nc(SCc2cccc3cccnc23)n(CC(C)C)c1C. The van der Waals surface area contributed by atoms with Gasteiger partial charge in [0.15, 0.2) is 5.16 Å². The Balaban J connectivity index is 1.87. The van der Waals surface area contributed by atoms with Crippen LogP contribution in [0.4, 0.5) is 0 Å². The molecule has 2 aromatic heterocycles. The Morgan fingerprint density at radius 3 is 2.70 bits per heavy atom. The summed E-state index contributed by atoms with van der Waals surface area (Å²) < 4.78 is 2.35. The van der Waals surface area contributed by atoms with Crippen molar-refractivity contribution in [3.05, 3.63) is 53.5 Å². The number of pyridine rings is 1. The number of benzene rings is 1. The normalized spacial score (nSPS) is 11.5. The molecule has 0 saturated heterocycles. The van der Waals surface area contributed by atoms with Crippen LogP contribution in [0.3, 0.4) is 0 Å². The summed E-state index contributed by atoms with van der Waals surface area (Å²) in [5, 5.41) is 2.31. The van der Waals surface area contributed by atoms with E-state index in [4.69, 9.17) is 4.98 Å². The fourth-order valence-corrected chi connectivity index (χ4v) is 3.83. The maximum atomic E-state index is 4.76. The summed E-state index contributed by atoms with van der Waals surface area (Å²) in [6.07, 6.45) is 1.87. The molecular weight excluding hydrogens is 302 g/mol. The summed E-state index contributed by atoms with van der Waals surface area (Å²) in [7, 11) is 0. The van der Waals surface area contributed by atoms with E-state index in [2.05, 4.69) is 61.5 Å². The molecule has 0 N–H and O–H groups in total. The Labute approximate surface area is 142 Å². The highest BCUT2D eigenvalue weighted by molar-refractivity contribution is 7.98. The van der Waals surface area contributed by atoms with Crippen LogP contribution in [0.1, 0.15) is 30.8 Å². The van der Waals surface area contributed by atoms with Crippen molar-refractivity contribution in [2.45, 2.75) is 45.1 Å². The predicted molar refractivity (Wildman–Crippen MR) is 97.8 cm³/mol. The molecule has 0 aliphatic heterocycles. The van der Waals surface area contributed by atoms with E-state index in [1.54, 1.807) is 11.8 Å². The molecule has 2 heterocycles. The Bertz CT molecular complexity index is 815. The number of fused-ring (bicyclic) bond motifs is 1. The van der Waals surface area contributed by atoms with Crippen LogP contribution in [-0.2, 0) is 12.3 Å². The molecule has 0 fully saturated rings. The summed E-state index contributed by atoms with van der Waals surface area (Å²) in [6.45, 7) is 9.77. The second-order valence-electron chi connectivity index (χ2n) is 6.35. The predicted octanol–water partition coefficient (Wildman–Crippen LogP) is 5.00. The molecule has 0 atom stereocenters. The molecule has 0 unspecified atom stereocenters. The molecular formula is C19H23N3S. The molecule has 0 spiro atoms. The van der Waals surface area contributed by atoms with Crippen LogP contribution >= 0.6 is 11.8 Å². The monoisotopic (exact) mass is 325 g/mol. The molecule has 0 aliphatic carbocycles. The quantitative estimate of drug-likeness (QED) is 0.619. The number of hydrogen-bond donors (Lipinski definition) is 0. The van der Waals surface area contributed by atoms with E-state index in [-0.39, 0.29) is 0 Å². The summed E-state index contributed by atoms with van der Waals surface area (Å²) in [4.78, 5) is 9.31. The lowest BCUT2D eigenvalue weighted by molar-refractivity contribution is 0.486. The Morgan fingerprint density at radius 2 is 1.91 bits per heavy atom. The zero-order valence-electron chi connectivity index (χ0n) is 14.2. The number of imidazole rings is 1. The molecule has 0 aliphatic rings. The van der Waals surface area contributed by atoms with Crippen molar-refractivity contribution in [2.24, 2.45) is 5.92 Å². The van der Waals surface area contributed by atoms with Gasteiger partial charge in [-0.15, -0.1) is 0 Å². The lowest BCUT2D eigenvalue weighted by Crippen LogP contribution is -2.07. The van der Waals surface area contributed by atoms with E-state index in [9.17, 15) is 0 Å². The third-order valence-corrected chi connectivity index (χ3v) is 5.07. The highest BCUT2D eigenvalue weighted by Gasteiger charge is 2.13. The van der Waals surface area contributed by atoms with E-state index in [0.29, 0.717) is 5.92 Å². The molecule has 0 amide bonds. The summed E-state index contributed by atoms with van der Waals surface area (Å²) in [5.41, 5.74) is 4.77. The first kappa shape index (κ1) is 16.1. The Morgan fingerprint density at radius 1 is 1.13 bits per heavy atom. The summed E-state index contributed by atoms with van der Waals surface area (Å²) in [6, 6.07) is 10.5. The first-order valence-corrected chi connectivity index (χ1v) is 9.04. The van der Waals surface area contributed by atoms with Gasteiger partial charge in [0.1, 0.15) is 0 Å². The molecule has 0 bridgehead atoms. The van der Waals surface area contributed by atoms with E-state index in [1.807, 2.05) is 12.3 Å². The first-order valence-electron chi connectivity index (χ1n) is 8.05. The van der Waals surface area contributed by atoms with E-state index in [1.165, 1.54) is 16.6 Å². The minimum Gasteiger partial charge on any atom is -0.323 e. The van der Waals surface area contributed by atoms with Gasteiger partial charge in [-0.3, -0.25) is 4.98 Å². The topological polar surface area (TPSA) is 30.7 Å². The first-order chi connectivity index (χ1) is 11.1. The third kappa shape index (κ3) is 3.42. The van der Waals surface area contributed by atoms with Crippen molar-refractivity contribution in [1.82, 2.24) is 14.5 Å². The van der Waals surface area contributed by atoms with Crippen molar-refractivity contribution in [1.29, 1.82) is 0 Å². The van der Waals surface area contributed by atoms with Crippen LogP contribution < -0.4 is 0 Å². The molecule has 1 aromatic carbocycles. The van der Waals surface area contributed by atoms with Gasteiger partial charge in [-0.1, -0.05) is 49.9 Å². The maximum absolute atomic E-state index is 4.76. The molecule has 0 radical (unpaired) electrons. The van der Waals surface area contributed by atoms with E-state index >= 15 is 0 Å². The van der Waals surface area contributed by atoms with Gasteiger partial charge >= 0.3 is 0 Å². The second kappa shape index (κ2) is 6.75. The molecule has 0 saturated carbocycles. The van der Waals surface area contributed by atoms with Crippen molar-refractivity contribution in [3.63, 3.8) is 0 Å². The van der Waals surface area contributed by atoms with Crippen molar-refractivity contribution in [3.8, 4) is 0 Å². The number of para-hydroxylation sites is 1. The highest BCUT2D eigenvalue weighted by Crippen LogP contribution is 2.28. The zero-order chi connectivity index (χ0) is 16.4. The van der Waals surface area contributed by atoms with Gasteiger partial charge in [0, 0.05) is 29.6 Å². The molecule has 3 nitrogen and oxygen atoms in total. The van der Waals surface area contributed by atoms with Crippen LogP contribution in [0.5, 0.6) is 0 Å². The third-order valence-electron chi connectivity index (χ3n) is 4.04. The van der Waals surface area contributed by atoms with Gasteiger partial charge in [-0.25, -0.2) is 4.98 Å². The highest BCUT2D eigenvalue weighted by atomic mass is 32.2. The van der Waals surface area contributed by atoms with Crippen molar-refractivity contribution >= 4 is 22.7 Å². The van der Waals surface area contributed by atoms with E-state index < -0.39 is 0 Å². The van der Waals surface area contributed by atoms with Crippen LogP contribution in [0, 0.1) is 19.8 Å². The minimum atomic E-state index is 0.612. The van der Waals surface area contributed by atoms with Crippen LogP contribution in [0.15, 0.2) is 41.7 Å². The molecule has 23 heavy (non-hydrogen) atoms. The molecule has 3 rings (SSSR count). The fourth-order valence-electron chi connectivity index (χ4n) is 2.74. The van der Waals surface area contributed by atoms with Crippen LogP contribution in [0.2, 0.25) is 0 Å². The van der Waals surface area contributed by atoms with Gasteiger partial charge in [-0.2, -0.15) is 0 Å². The number of aryl methyl sites for hydroxylation is 1. The number of aromatic nitrogens is 3. The molecule has 120 valence electrons. The van der Waals surface area contributed by atoms with Gasteiger partial charge in [0.05, 0.1) is 11.2 Å². The van der Waals surface area contributed by atoms with Gasteiger partial charge in [0.25, 0.3) is 0 Å². The largest absolute Gasteiger partial charge is 0.323 e. The average Bonchev–Trinajstić information content (AvgIpc) is 2.80. The Hall–Kier alpha value is -1.81. The minimum absolute atomic E-state index is 0.612. The van der Waals surface area contributed by atoms with Gasteiger partial charge in [0.2, 0.25) is 0 Å². The molecule has 4 heteroatoms. The number of hydrogen-bond acceptors (Lipinski definition) is 3. The smallest absolute Gasteiger partial charge is 0.168 e. The van der Waals surface area contributed by atoms with Crippen molar-refractivity contribution < 1.29 is 0 Å². The number of nitrogens with zero attached hydrogens (tertiary/aromatic N) is 3. The van der Waals surface area contributed by atoms with Gasteiger partial charge in [-0.05, 0) is 31.4 Å². The van der Waals surface area contributed by atoms with Crippen LogP contribution in [-0.4, -0.2) is 14.5 Å². The summed E-state index contributed by atoms with van der Waals surface area (Å²) in [5.74, 6) is 1.50. The van der Waals surface area contributed by atoms with Gasteiger partial charge < -0.3 is 4.57 Å². The second-order valence-corrected chi connectivity index (χ2v) is 7.29. The lowest BCUT2D eigenvalue weighted by Gasteiger charge is -2.12. The zero-order valence-corrected chi connectivity index (χ0v) is 15.0. The standard InChI is InChI=1S/C19H23N3S/c1-13(2)11-22-15(4)14(3)21-19(22)23-12-17-8-5-7-16-9-6-10-20-18(16)17/h5-10,13H,11-12H2,1-4H3. The Kier molecular flexibility index (Phi) is 4.71. The van der Waals surface area contributed by atoms with Crippen LogP contribution in [0.25, 0.3) is 10.9 Å². The van der Waals surface area contributed by atoms with Crippen molar-refractivity contribution in [2.75, 3.05) is 0 Å². The average molecular weight is 325 g/mol. The van der Waals surface area contributed by atoms with E-state index in [0.717, 1.165) is 28.7 Å². The maximum Gasteiger partial charge on any atom is 0.168 e. The lowest BCUT2D eigenvalue weighted by atomic mass is 10.1. The molecule has 3 aromatic rings. The number of rotatable bonds is 5.